The van der Waals surface area contributed by atoms with Crippen LogP contribution in [0.2, 0.25) is 0 Å². The van der Waals surface area contributed by atoms with Crippen LogP contribution in [0, 0.1) is 5.82 Å². The number of fused-ring (bicyclic) bond motifs is 1. The lowest BCUT2D eigenvalue weighted by Gasteiger charge is -2.11. The lowest BCUT2D eigenvalue weighted by Crippen LogP contribution is -2.38. The van der Waals surface area contributed by atoms with Gasteiger partial charge in [-0.2, -0.15) is 0 Å². The molecule has 0 aliphatic carbocycles. The number of halogens is 2. The summed E-state index contributed by atoms with van der Waals surface area (Å²) in [5, 5.41) is 10.0. The average Bonchev–Trinajstić information content (AvgIpc) is 3.15. The number of H-pyrrole nitrogens is 1. The van der Waals surface area contributed by atoms with Crippen molar-refractivity contribution in [3.05, 3.63) is 65.6 Å². The quantitative estimate of drug-likeness (QED) is 0.204. The number of amides is 1. The number of aromatic amines is 1. The summed E-state index contributed by atoms with van der Waals surface area (Å²) in [7, 11) is 1.32. The molecule has 3 aromatic rings. The number of ether oxygens (including phenoxy) is 1. The number of nitrogens with zero attached hydrogens (tertiary/aromatic N) is 1. The molecule has 0 aliphatic heterocycles. The van der Waals surface area contributed by atoms with Gasteiger partial charge in [-0.05, 0) is 54.8 Å². The van der Waals surface area contributed by atoms with E-state index in [-0.39, 0.29) is 29.8 Å². The highest BCUT2D eigenvalue weighted by Crippen LogP contribution is 2.19. The molecule has 0 bridgehead atoms. The lowest BCUT2D eigenvalue weighted by molar-refractivity contribution is 0.187. The molecule has 31 heavy (non-hydrogen) atoms. The van der Waals surface area contributed by atoms with Gasteiger partial charge in [0.05, 0.1) is 13.7 Å². The zero-order chi connectivity index (χ0) is 21.3. The van der Waals surface area contributed by atoms with Crippen molar-refractivity contribution in [3.8, 4) is 0 Å². The number of guanidine groups is 1. The van der Waals surface area contributed by atoms with Gasteiger partial charge >= 0.3 is 6.09 Å². The van der Waals surface area contributed by atoms with Crippen molar-refractivity contribution in [2.24, 2.45) is 4.99 Å². The van der Waals surface area contributed by atoms with Crippen LogP contribution in [0.5, 0.6) is 0 Å². The van der Waals surface area contributed by atoms with E-state index in [9.17, 15) is 9.18 Å². The molecular weight excluding hydrogens is 512 g/mol. The summed E-state index contributed by atoms with van der Waals surface area (Å²) >= 11 is 0. The standard InChI is InChI=1S/C22H26FN5O2.HI/c1-3-24-21(27-13-15-4-7-18(8-5-15)28-22(29)30-2)25-11-10-16-14-26-20-9-6-17(23)12-19(16)20;/h4-9,12,14,26H,3,10-11,13H2,1-2H3,(H,28,29)(H2,24,25,27);1H. The molecule has 4 N–H and O–H groups in total. The smallest absolute Gasteiger partial charge is 0.411 e. The summed E-state index contributed by atoms with van der Waals surface area (Å²) in [5.41, 5.74) is 3.66. The van der Waals surface area contributed by atoms with Gasteiger partial charge in [-0.1, -0.05) is 12.1 Å². The molecule has 1 aromatic heterocycles. The predicted molar refractivity (Wildman–Crippen MR) is 133 cm³/mol. The third-order valence-corrected chi connectivity index (χ3v) is 4.57. The van der Waals surface area contributed by atoms with Crippen molar-refractivity contribution in [1.82, 2.24) is 15.6 Å². The number of methoxy groups -OCH3 is 1. The van der Waals surface area contributed by atoms with Crippen LogP contribution in [0.1, 0.15) is 18.1 Å². The van der Waals surface area contributed by atoms with E-state index < -0.39 is 6.09 Å². The Morgan fingerprint density at radius 1 is 1.16 bits per heavy atom. The van der Waals surface area contributed by atoms with Gasteiger partial charge in [0.1, 0.15) is 5.82 Å². The fraction of sp³-hybridized carbons (Fsp3) is 0.273. The Bertz CT molecular complexity index is 1020. The van der Waals surface area contributed by atoms with Gasteiger partial charge in [0.15, 0.2) is 5.96 Å². The van der Waals surface area contributed by atoms with E-state index in [0.29, 0.717) is 24.7 Å². The number of hydrogen-bond acceptors (Lipinski definition) is 3. The molecule has 7 nitrogen and oxygen atoms in total. The zero-order valence-corrected chi connectivity index (χ0v) is 19.8. The fourth-order valence-electron chi connectivity index (χ4n) is 3.05. The number of hydrogen-bond donors (Lipinski definition) is 4. The number of anilines is 1. The van der Waals surface area contributed by atoms with Gasteiger partial charge in [-0.15, -0.1) is 24.0 Å². The fourth-order valence-corrected chi connectivity index (χ4v) is 3.05. The Kier molecular flexibility index (Phi) is 9.57. The third kappa shape index (κ3) is 7.12. The van der Waals surface area contributed by atoms with Crippen LogP contribution in [0.4, 0.5) is 14.9 Å². The molecule has 0 unspecified atom stereocenters. The first kappa shape index (κ1) is 24.4. The molecule has 0 aliphatic rings. The highest BCUT2D eigenvalue weighted by atomic mass is 127. The summed E-state index contributed by atoms with van der Waals surface area (Å²) in [6, 6.07) is 12.2. The number of rotatable bonds is 7. The molecule has 0 saturated carbocycles. The number of carbonyl (C=O) groups is 1. The van der Waals surface area contributed by atoms with Crippen LogP contribution in [0.15, 0.2) is 53.7 Å². The van der Waals surface area contributed by atoms with E-state index in [0.717, 1.165) is 35.0 Å². The van der Waals surface area contributed by atoms with Crippen molar-refractivity contribution in [3.63, 3.8) is 0 Å². The van der Waals surface area contributed by atoms with Crippen molar-refractivity contribution in [1.29, 1.82) is 0 Å². The second kappa shape index (κ2) is 12.1. The maximum Gasteiger partial charge on any atom is 0.411 e. The summed E-state index contributed by atoms with van der Waals surface area (Å²) in [5.74, 6) is 0.472. The lowest BCUT2D eigenvalue weighted by atomic mass is 10.1. The van der Waals surface area contributed by atoms with Crippen molar-refractivity contribution >= 4 is 52.6 Å². The topological polar surface area (TPSA) is 90.5 Å². The van der Waals surface area contributed by atoms with E-state index in [1.54, 1.807) is 24.3 Å². The van der Waals surface area contributed by atoms with Crippen LogP contribution in [0.3, 0.4) is 0 Å². The minimum Gasteiger partial charge on any atom is -0.453 e. The largest absolute Gasteiger partial charge is 0.453 e. The predicted octanol–water partition coefficient (Wildman–Crippen LogP) is 4.40. The minimum absolute atomic E-state index is 0. The van der Waals surface area contributed by atoms with Gasteiger partial charge in [-0.3, -0.25) is 5.32 Å². The average molecular weight is 539 g/mol. The Hall–Kier alpha value is -2.82. The molecule has 166 valence electrons. The second-order valence-electron chi connectivity index (χ2n) is 6.69. The summed E-state index contributed by atoms with van der Waals surface area (Å²) in [6.07, 6.45) is 2.15. The first-order chi connectivity index (χ1) is 14.6. The summed E-state index contributed by atoms with van der Waals surface area (Å²) in [4.78, 5) is 19.0. The van der Waals surface area contributed by atoms with Gasteiger partial charge in [-0.25, -0.2) is 14.2 Å². The molecule has 3 rings (SSSR count). The number of benzene rings is 2. The number of nitrogens with one attached hydrogen (secondary N) is 4. The molecule has 9 heteroatoms. The molecule has 1 amide bonds. The van der Waals surface area contributed by atoms with Crippen molar-refractivity contribution in [2.75, 3.05) is 25.5 Å². The van der Waals surface area contributed by atoms with E-state index in [1.165, 1.54) is 13.2 Å². The van der Waals surface area contributed by atoms with Gasteiger partial charge < -0.3 is 20.4 Å². The minimum atomic E-state index is -0.502. The molecule has 0 fully saturated rings. The highest BCUT2D eigenvalue weighted by molar-refractivity contribution is 14.0. The van der Waals surface area contributed by atoms with Crippen molar-refractivity contribution in [2.45, 2.75) is 19.9 Å². The van der Waals surface area contributed by atoms with E-state index >= 15 is 0 Å². The molecule has 1 heterocycles. The van der Waals surface area contributed by atoms with E-state index in [4.69, 9.17) is 0 Å². The maximum atomic E-state index is 13.5. The molecule has 0 radical (unpaired) electrons. The monoisotopic (exact) mass is 539 g/mol. The van der Waals surface area contributed by atoms with Crippen LogP contribution >= 0.6 is 24.0 Å². The molecule has 0 atom stereocenters. The van der Waals surface area contributed by atoms with Crippen LogP contribution in [-0.4, -0.2) is 37.2 Å². The van der Waals surface area contributed by atoms with Crippen molar-refractivity contribution < 1.29 is 13.9 Å². The summed E-state index contributed by atoms with van der Waals surface area (Å²) in [6.45, 7) is 3.91. The highest BCUT2D eigenvalue weighted by Gasteiger charge is 2.06. The summed E-state index contributed by atoms with van der Waals surface area (Å²) < 4.78 is 18.1. The Morgan fingerprint density at radius 2 is 1.94 bits per heavy atom. The Morgan fingerprint density at radius 3 is 2.65 bits per heavy atom. The SMILES string of the molecule is CCNC(=NCc1ccc(NC(=O)OC)cc1)NCCc1c[nH]c2ccc(F)cc12.I. The second-order valence-corrected chi connectivity index (χ2v) is 6.69. The van der Waals surface area contributed by atoms with Gasteiger partial charge in [0.25, 0.3) is 0 Å². The first-order valence-electron chi connectivity index (χ1n) is 9.80. The van der Waals surface area contributed by atoms with Gasteiger partial charge in [0, 0.05) is 35.9 Å². The Balaban J connectivity index is 0.00000341. The number of aliphatic imine (C=N–C) groups is 1. The zero-order valence-electron chi connectivity index (χ0n) is 17.5. The Labute approximate surface area is 197 Å². The van der Waals surface area contributed by atoms with Crippen LogP contribution in [0.25, 0.3) is 10.9 Å². The number of carbonyl (C=O) groups excluding carboxylic acids is 1. The van der Waals surface area contributed by atoms with Gasteiger partial charge in [0.2, 0.25) is 0 Å². The van der Waals surface area contributed by atoms with Crippen LogP contribution < -0.4 is 16.0 Å². The molecular formula is C22H27FIN5O2. The molecule has 0 saturated heterocycles. The number of aromatic nitrogens is 1. The third-order valence-electron chi connectivity index (χ3n) is 4.57. The van der Waals surface area contributed by atoms with Crippen LogP contribution in [-0.2, 0) is 17.7 Å². The molecule has 2 aromatic carbocycles. The maximum absolute atomic E-state index is 13.5. The first-order valence-corrected chi connectivity index (χ1v) is 9.80. The molecule has 0 spiro atoms. The normalized spacial score (nSPS) is 11.0. The van der Waals surface area contributed by atoms with E-state index in [2.05, 4.69) is 30.7 Å². The van der Waals surface area contributed by atoms with E-state index in [1.807, 2.05) is 25.3 Å².